The number of aldehydes is 1. The van der Waals surface area contributed by atoms with Gasteiger partial charge in [-0.05, 0) is 24.6 Å². The van der Waals surface area contributed by atoms with Gasteiger partial charge in [0.05, 0.1) is 32.3 Å². The molecule has 0 bridgehead atoms. The minimum atomic E-state index is -1.16. The number of nitrogens with one attached hydrogen (secondary N) is 1. The van der Waals surface area contributed by atoms with E-state index in [-0.39, 0.29) is 32.2 Å². The van der Waals surface area contributed by atoms with Crippen molar-refractivity contribution < 1.29 is 38.8 Å². The highest BCUT2D eigenvalue weighted by Crippen LogP contribution is 2.51. The number of unbranched alkanes of at least 4 members (excludes halogenated alkanes) is 8. The van der Waals surface area contributed by atoms with Crippen molar-refractivity contribution in [1.29, 1.82) is 0 Å². The number of hydrogen-bond acceptors (Lipinski definition) is 8. The third kappa shape index (κ3) is 8.33. The molecule has 3 rings (SSSR count). The molecule has 1 heterocycles. The number of carbonyl (C=O) groups excluding carboxylic acids is 3. The summed E-state index contributed by atoms with van der Waals surface area (Å²) in [6, 6.07) is 2.34. The molecule has 0 aromatic heterocycles. The zero-order valence-electron chi connectivity index (χ0n) is 25.3. The van der Waals surface area contributed by atoms with E-state index >= 15 is 0 Å². The molecule has 2 aliphatic rings. The van der Waals surface area contributed by atoms with Gasteiger partial charge in [-0.3, -0.25) is 14.4 Å². The molecular formula is C32H48N2O8. The van der Waals surface area contributed by atoms with Crippen molar-refractivity contribution in [3.05, 3.63) is 34.9 Å². The molecule has 234 valence electrons. The van der Waals surface area contributed by atoms with E-state index in [9.17, 15) is 24.6 Å². The van der Waals surface area contributed by atoms with Gasteiger partial charge in [0.2, 0.25) is 11.8 Å². The molecule has 10 heteroatoms. The summed E-state index contributed by atoms with van der Waals surface area (Å²) in [6.45, 7) is 2.50. The summed E-state index contributed by atoms with van der Waals surface area (Å²) < 4.78 is 17.0. The molecule has 42 heavy (non-hydrogen) atoms. The van der Waals surface area contributed by atoms with Gasteiger partial charge in [0.25, 0.3) is 0 Å². The van der Waals surface area contributed by atoms with Crippen LogP contribution in [0, 0.1) is 0 Å². The van der Waals surface area contributed by atoms with Crippen LogP contribution in [0.25, 0.3) is 0 Å². The Morgan fingerprint density at radius 3 is 2.38 bits per heavy atom. The number of carbonyl (C=O) groups is 3. The summed E-state index contributed by atoms with van der Waals surface area (Å²) in [5.74, 6) is -0.597. The van der Waals surface area contributed by atoms with Crippen molar-refractivity contribution in [2.45, 2.75) is 95.3 Å². The number of ether oxygens (including phenoxy) is 3. The number of fused-ring (bicyclic) bond motifs is 3. The van der Waals surface area contributed by atoms with Gasteiger partial charge in [-0.25, -0.2) is 0 Å². The number of rotatable bonds is 19. The monoisotopic (exact) mass is 588 g/mol. The SMILES string of the molecule is CCCCCCCCCCCC(=O)N(CCOC)[C@@H]1C=C(C(=O)NCCO)[C@@H]2c3cc(C=O)cc(OC)c3O[C@@H]2[C@H]1O. The molecule has 0 spiro atoms. The van der Waals surface area contributed by atoms with Gasteiger partial charge >= 0.3 is 0 Å². The number of benzene rings is 1. The fourth-order valence-electron chi connectivity index (χ4n) is 5.92. The van der Waals surface area contributed by atoms with Crippen molar-refractivity contribution in [3.63, 3.8) is 0 Å². The lowest BCUT2D eigenvalue weighted by Crippen LogP contribution is -2.56. The van der Waals surface area contributed by atoms with Crippen LogP contribution in [0.2, 0.25) is 0 Å². The standard InChI is InChI=1S/C32H48N2O8/c1-4-5-6-7-8-9-10-11-12-13-27(37)34(15-17-40-2)25-20-24(32(39)33-14-16-35)28-23-18-22(21-36)19-26(41-3)30(23)42-31(28)29(25)38/h18-21,25,28-29,31,35,38H,4-17H2,1-3H3,(H,33,39)/t25-,28+,29+,31+/m1/s1. The number of nitrogens with zero attached hydrogens (tertiary/aromatic N) is 1. The highest BCUT2D eigenvalue weighted by molar-refractivity contribution is 5.96. The maximum absolute atomic E-state index is 13.5. The van der Waals surface area contributed by atoms with Crippen LogP contribution in [0.1, 0.15) is 93.0 Å². The first kappa shape index (κ1) is 33.6. The van der Waals surface area contributed by atoms with E-state index in [0.29, 0.717) is 40.9 Å². The highest BCUT2D eigenvalue weighted by atomic mass is 16.5. The molecule has 3 N–H and O–H groups in total. The average Bonchev–Trinajstić information content (AvgIpc) is 3.39. The molecule has 1 aliphatic heterocycles. The Bertz CT molecular complexity index is 1070. The smallest absolute Gasteiger partial charge is 0.247 e. The van der Waals surface area contributed by atoms with Crippen LogP contribution in [0.4, 0.5) is 0 Å². The molecule has 0 saturated carbocycles. The predicted molar refractivity (Wildman–Crippen MR) is 159 cm³/mol. The second kappa shape index (κ2) is 17.2. The Morgan fingerprint density at radius 2 is 1.76 bits per heavy atom. The molecule has 4 atom stereocenters. The predicted octanol–water partition coefficient (Wildman–Crippen LogP) is 3.53. The van der Waals surface area contributed by atoms with Gasteiger partial charge in [-0.15, -0.1) is 0 Å². The van der Waals surface area contributed by atoms with Crippen LogP contribution in [-0.2, 0) is 14.3 Å². The topological polar surface area (TPSA) is 135 Å². The molecule has 1 aromatic carbocycles. The number of aliphatic hydroxyl groups is 2. The second-order valence-electron chi connectivity index (χ2n) is 11.1. The largest absolute Gasteiger partial charge is 0.493 e. The Labute approximate surface area is 249 Å². The van der Waals surface area contributed by atoms with Crippen LogP contribution in [0.5, 0.6) is 11.5 Å². The lowest BCUT2D eigenvalue weighted by atomic mass is 9.77. The normalized spacial score (nSPS) is 20.6. The molecule has 0 fully saturated rings. The molecular weight excluding hydrogens is 540 g/mol. The summed E-state index contributed by atoms with van der Waals surface area (Å²) in [5.41, 5.74) is 1.19. The zero-order valence-corrected chi connectivity index (χ0v) is 25.3. The fraction of sp³-hybridized carbons (Fsp3) is 0.656. The molecule has 0 saturated heterocycles. The third-order valence-corrected chi connectivity index (χ3v) is 8.12. The van der Waals surface area contributed by atoms with Gasteiger partial charge < -0.3 is 34.6 Å². The Hall–Kier alpha value is -2.95. The maximum atomic E-state index is 13.5. The minimum Gasteiger partial charge on any atom is -0.493 e. The Balaban J connectivity index is 1.82. The van der Waals surface area contributed by atoms with E-state index < -0.39 is 30.1 Å². The summed E-state index contributed by atoms with van der Waals surface area (Å²) in [4.78, 5) is 40.1. The van der Waals surface area contributed by atoms with Gasteiger partial charge in [-0.1, -0.05) is 58.3 Å². The summed E-state index contributed by atoms with van der Waals surface area (Å²) >= 11 is 0. The van der Waals surface area contributed by atoms with Gasteiger partial charge in [-0.2, -0.15) is 0 Å². The van der Waals surface area contributed by atoms with Crippen molar-refractivity contribution in [2.75, 3.05) is 40.5 Å². The highest BCUT2D eigenvalue weighted by Gasteiger charge is 2.51. The second-order valence-corrected chi connectivity index (χ2v) is 11.1. The Kier molecular flexibility index (Phi) is 13.8. The van der Waals surface area contributed by atoms with Crippen molar-refractivity contribution in [2.24, 2.45) is 0 Å². The summed E-state index contributed by atoms with van der Waals surface area (Å²) in [6.07, 6.45) is 10.8. The quantitative estimate of drug-likeness (QED) is 0.165. The van der Waals surface area contributed by atoms with E-state index in [0.717, 1.165) is 25.7 Å². The lowest BCUT2D eigenvalue weighted by molar-refractivity contribution is -0.138. The minimum absolute atomic E-state index is 0.0388. The van der Waals surface area contributed by atoms with Crippen LogP contribution in [-0.4, -0.2) is 92.0 Å². The van der Waals surface area contributed by atoms with E-state index in [4.69, 9.17) is 14.2 Å². The first-order valence-corrected chi connectivity index (χ1v) is 15.3. The number of methoxy groups -OCH3 is 2. The fourth-order valence-corrected chi connectivity index (χ4v) is 5.92. The van der Waals surface area contributed by atoms with Crippen LogP contribution in [0.15, 0.2) is 23.8 Å². The van der Waals surface area contributed by atoms with E-state index in [1.54, 1.807) is 30.2 Å². The molecule has 1 aromatic rings. The molecule has 10 nitrogen and oxygen atoms in total. The van der Waals surface area contributed by atoms with E-state index in [2.05, 4.69) is 12.2 Å². The Morgan fingerprint density at radius 1 is 1.07 bits per heavy atom. The first-order chi connectivity index (χ1) is 20.4. The first-order valence-electron chi connectivity index (χ1n) is 15.3. The number of hydrogen-bond donors (Lipinski definition) is 3. The van der Waals surface area contributed by atoms with Crippen molar-refractivity contribution >= 4 is 18.1 Å². The van der Waals surface area contributed by atoms with Gasteiger partial charge in [0.15, 0.2) is 11.5 Å². The maximum Gasteiger partial charge on any atom is 0.247 e. The van der Waals surface area contributed by atoms with E-state index in [1.165, 1.54) is 39.2 Å². The molecule has 1 aliphatic carbocycles. The van der Waals surface area contributed by atoms with Crippen LogP contribution >= 0.6 is 0 Å². The zero-order chi connectivity index (χ0) is 30.5. The molecule has 0 radical (unpaired) electrons. The van der Waals surface area contributed by atoms with Gasteiger partial charge in [0.1, 0.15) is 18.5 Å². The summed E-state index contributed by atoms with van der Waals surface area (Å²) in [7, 11) is 3.00. The van der Waals surface area contributed by atoms with Crippen molar-refractivity contribution in [3.8, 4) is 11.5 Å². The lowest BCUT2D eigenvalue weighted by Gasteiger charge is -2.40. The molecule has 2 amide bonds. The van der Waals surface area contributed by atoms with Crippen LogP contribution in [0.3, 0.4) is 0 Å². The van der Waals surface area contributed by atoms with Crippen molar-refractivity contribution in [1.82, 2.24) is 10.2 Å². The third-order valence-electron chi connectivity index (χ3n) is 8.12. The number of amides is 2. The van der Waals surface area contributed by atoms with Gasteiger partial charge in [0, 0.05) is 43.3 Å². The average molecular weight is 589 g/mol. The van der Waals surface area contributed by atoms with E-state index in [1.807, 2.05) is 0 Å². The van der Waals surface area contributed by atoms with Crippen LogP contribution < -0.4 is 14.8 Å². The summed E-state index contributed by atoms with van der Waals surface area (Å²) in [5, 5.41) is 23.6. The molecule has 0 unspecified atom stereocenters. The number of aliphatic hydroxyl groups excluding tert-OH is 2.